The van der Waals surface area contributed by atoms with E-state index >= 15 is 0 Å². The van der Waals surface area contributed by atoms with Crippen molar-refractivity contribution in [1.29, 1.82) is 0 Å². The molecular formula is C29H29N5O5S. The summed E-state index contributed by atoms with van der Waals surface area (Å²) in [6, 6.07) is 21.9. The van der Waals surface area contributed by atoms with Crippen LogP contribution in [0.25, 0.3) is 0 Å². The first kappa shape index (κ1) is 28.1. The summed E-state index contributed by atoms with van der Waals surface area (Å²) in [6.45, 7) is 2.57. The summed E-state index contributed by atoms with van der Waals surface area (Å²) in [6.07, 6.45) is 0. The summed E-state index contributed by atoms with van der Waals surface area (Å²) in [5.41, 5.74) is 13.0. The van der Waals surface area contributed by atoms with Crippen molar-refractivity contribution in [2.45, 2.75) is 19.5 Å². The van der Waals surface area contributed by atoms with E-state index in [4.69, 9.17) is 20.9 Å². The zero-order chi connectivity index (χ0) is 28.6. The number of primary amides is 1. The monoisotopic (exact) mass is 559 g/mol. The van der Waals surface area contributed by atoms with Crippen LogP contribution >= 0.6 is 11.5 Å². The summed E-state index contributed by atoms with van der Waals surface area (Å²) in [5, 5.41) is 2.95. The molecule has 0 radical (unpaired) electrons. The molecule has 0 bridgehead atoms. The number of ether oxygens (including phenoxy) is 2. The lowest BCUT2D eigenvalue weighted by Crippen LogP contribution is -2.44. The predicted molar refractivity (Wildman–Crippen MR) is 153 cm³/mol. The number of nitrogens with one attached hydrogen (secondary N) is 1. The molecule has 1 aromatic heterocycles. The number of anilines is 2. The normalized spacial score (nSPS) is 11.3. The van der Waals surface area contributed by atoms with Crippen molar-refractivity contribution >= 4 is 40.6 Å². The molecule has 3 amide bonds. The number of amides is 3. The van der Waals surface area contributed by atoms with Gasteiger partial charge in [0, 0.05) is 12.2 Å². The minimum absolute atomic E-state index is 0.0166. The van der Waals surface area contributed by atoms with Crippen molar-refractivity contribution in [2.24, 2.45) is 5.73 Å². The van der Waals surface area contributed by atoms with Gasteiger partial charge in [0.2, 0.25) is 5.91 Å². The molecule has 1 atom stereocenters. The van der Waals surface area contributed by atoms with Crippen LogP contribution < -0.4 is 31.2 Å². The Bertz CT molecular complexity index is 1470. The van der Waals surface area contributed by atoms with E-state index < -0.39 is 23.8 Å². The third kappa shape index (κ3) is 6.21. The molecular weight excluding hydrogens is 530 g/mol. The Hall–Kier alpha value is -4.90. The summed E-state index contributed by atoms with van der Waals surface area (Å²) in [4.78, 5) is 41.2. The lowest BCUT2D eigenvalue weighted by molar-refractivity contribution is -0.122. The number of nitrogens with two attached hydrogens (primary N) is 2. The van der Waals surface area contributed by atoms with E-state index in [1.54, 1.807) is 48.5 Å². The fourth-order valence-corrected chi connectivity index (χ4v) is 4.82. The van der Waals surface area contributed by atoms with E-state index in [0.29, 0.717) is 29.4 Å². The van der Waals surface area contributed by atoms with E-state index in [-0.39, 0.29) is 22.8 Å². The van der Waals surface area contributed by atoms with Gasteiger partial charge in [0.1, 0.15) is 22.4 Å². The number of carbonyl (C=O) groups excluding carboxylic acids is 3. The fraction of sp³-hybridized carbons (Fsp3) is 0.172. The van der Waals surface area contributed by atoms with Crippen LogP contribution in [-0.2, 0) is 11.3 Å². The smallest absolute Gasteiger partial charge is 0.273 e. The number of hydrogen-bond donors (Lipinski definition) is 3. The van der Waals surface area contributed by atoms with Crippen molar-refractivity contribution in [3.8, 4) is 11.5 Å². The lowest BCUT2D eigenvalue weighted by atomic mass is 10.0. The third-order valence-electron chi connectivity index (χ3n) is 6.05. The maximum atomic E-state index is 14.2. The Morgan fingerprint density at radius 1 is 0.975 bits per heavy atom. The minimum atomic E-state index is -1.13. The van der Waals surface area contributed by atoms with Gasteiger partial charge in [-0.25, -0.2) is 0 Å². The number of carbonyl (C=O) groups is 3. The molecule has 0 fully saturated rings. The predicted octanol–water partition coefficient (Wildman–Crippen LogP) is 3.94. The number of methoxy groups -OCH3 is 1. The van der Waals surface area contributed by atoms with Crippen LogP contribution in [0.4, 0.5) is 11.4 Å². The van der Waals surface area contributed by atoms with Crippen LogP contribution in [-0.4, -0.2) is 35.8 Å². The first-order valence-corrected chi connectivity index (χ1v) is 13.2. The van der Waals surface area contributed by atoms with Crippen molar-refractivity contribution < 1.29 is 23.9 Å². The summed E-state index contributed by atoms with van der Waals surface area (Å²) in [5.74, 6) is -0.727. The molecule has 11 heteroatoms. The van der Waals surface area contributed by atoms with Crippen LogP contribution in [0, 0.1) is 0 Å². The highest BCUT2D eigenvalue weighted by molar-refractivity contribution is 7.09. The fourth-order valence-electron chi connectivity index (χ4n) is 4.08. The summed E-state index contributed by atoms with van der Waals surface area (Å²) < 4.78 is 14.8. The number of nitrogen functional groups attached to an aromatic ring is 1. The molecule has 0 aliphatic rings. The van der Waals surface area contributed by atoms with Gasteiger partial charge in [-0.15, -0.1) is 0 Å². The minimum Gasteiger partial charge on any atom is -0.497 e. The molecule has 0 aliphatic carbocycles. The Morgan fingerprint density at radius 3 is 2.20 bits per heavy atom. The van der Waals surface area contributed by atoms with Gasteiger partial charge in [-0.3, -0.25) is 19.3 Å². The molecule has 0 saturated carbocycles. The van der Waals surface area contributed by atoms with E-state index in [1.165, 1.54) is 12.0 Å². The second-order valence-corrected chi connectivity index (χ2v) is 9.39. The van der Waals surface area contributed by atoms with Gasteiger partial charge in [-0.1, -0.05) is 42.5 Å². The molecule has 0 saturated heterocycles. The van der Waals surface area contributed by atoms with E-state index in [1.807, 2.05) is 37.3 Å². The zero-order valence-electron chi connectivity index (χ0n) is 22.0. The van der Waals surface area contributed by atoms with Gasteiger partial charge in [0.05, 0.1) is 19.4 Å². The molecule has 0 unspecified atom stereocenters. The molecule has 1 heterocycles. The standard InChI is InChI=1S/C29H29N5O5S/c1-3-39-22-15-11-20(12-16-22)34(29(37)26-23(30)24(27(31)35)33-40-26)25(19-9-13-21(38-2)14-10-19)28(36)32-17-18-7-5-4-6-8-18/h4-16,25H,3,17,30H2,1-2H3,(H2,31,35)(H,32,36)/t25-/m1/s1. The average molecular weight is 560 g/mol. The highest BCUT2D eigenvalue weighted by Crippen LogP contribution is 2.34. The van der Waals surface area contributed by atoms with Crippen molar-refractivity contribution in [3.63, 3.8) is 0 Å². The Labute approximate surface area is 235 Å². The SMILES string of the molecule is CCOc1ccc(N(C(=O)c2snc(C(N)=O)c2N)[C@@H](C(=O)NCc2ccccc2)c2ccc(OC)cc2)cc1. The van der Waals surface area contributed by atoms with Gasteiger partial charge in [-0.05, 0) is 66.0 Å². The first-order valence-electron chi connectivity index (χ1n) is 12.4. The quantitative estimate of drug-likeness (QED) is 0.252. The molecule has 10 nitrogen and oxygen atoms in total. The van der Waals surface area contributed by atoms with Crippen molar-refractivity contribution in [1.82, 2.24) is 9.69 Å². The first-order chi connectivity index (χ1) is 19.3. The van der Waals surface area contributed by atoms with Crippen LogP contribution in [0.1, 0.15) is 44.3 Å². The lowest BCUT2D eigenvalue weighted by Gasteiger charge is -2.31. The van der Waals surface area contributed by atoms with Crippen LogP contribution in [0.15, 0.2) is 78.9 Å². The average Bonchev–Trinajstić information content (AvgIpc) is 3.37. The Balaban J connectivity index is 1.83. The van der Waals surface area contributed by atoms with E-state index in [0.717, 1.165) is 17.1 Å². The highest BCUT2D eigenvalue weighted by Gasteiger charge is 2.36. The van der Waals surface area contributed by atoms with Gasteiger partial charge in [0.25, 0.3) is 11.8 Å². The van der Waals surface area contributed by atoms with Crippen LogP contribution in [0.3, 0.4) is 0 Å². The van der Waals surface area contributed by atoms with Gasteiger partial charge < -0.3 is 26.3 Å². The topological polar surface area (TPSA) is 150 Å². The summed E-state index contributed by atoms with van der Waals surface area (Å²) in [7, 11) is 1.54. The molecule has 4 rings (SSSR count). The molecule has 3 aromatic carbocycles. The largest absolute Gasteiger partial charge is 0.497 e. The molecule has 0 spiro atoms. The second-order valence-electron chi connectivity index (χ2n) is 8.62. The molecule has 0 aliphatic heterocycles. The van der Waals surface area contributed by atoms with E-state index in [2.05, 4.69) is 9.69 Å². The maximum Gasteiger partial charge on any atom is 0.273 e. The number of aromatic nitrogens is 1. The second kappa shape index (κ2) is 12.8. The zero-order valence-corrected chi connectivity index (χ0v) is 22.8. The van der Waals surface area contributed by atoms with Crippen molar-refractivity contribution in [2.75, 3.05) is 24.4 Å². The van der Waals surface area contributed by atoms with Crippen LogP contribution in [0.5, 0.6) is 11.5 Å². The molecule has 206 valence electrons. The van der Waals surface area contributed by atoms with Gasteiger partial charge >= 0.3 is 0 Å². The van der Waals surface area contributed by atoms with Gasteiger partial charge in [-0.2, -0.15) is 4.37 Å². The van der Waals surface area contributed by atoms with E-state index in [9.17, 15) is 14.4 Å². The molecule has 5 N–H and O–H groups in total. The Kier molecular flexibility index (Phi) is 8.97. The maximum absolute atomic E-state index is 14.2. The third-order valence-corrected chi connectivity index (χ3v) is 6.90. The number of hydrogen-bond acceptors (Lipinski definition) is 8. The number of benzene rings is 3. The highest BCUT2D eigenvalue weighted by atomic mass is 32.1. The molecule has 40 heavy (non-hydrogen) atoms. The molecule has 4 aromatic rings. The number of nitrogens with zero attached hydrogens (tertiary/aromatic N) is 2. The number of rotatable bonds is 11. The Morgan fingerprint density at radius 2 is 1.62 bits per heavy atom. The van der Waals surface area contributed by atoms with Gasteiger partial charge in [0.15, 0.2) is 5.69 Å². The summed E-state index contributed by atoms with van der Waals surface area (Å²) >= 11 is 0.744. The van der Waals surface area contributed by atoms with Crippen LogP contribution in [0.2, 0.25) is 0 Å². The van der Waals surface area contributed by atoms with Crippen molar-refractivity contribution in [3.05, 3.63) is 101 Å².